The van der Waals surface area contributed by atoms with Crippen molar-refractivity contribution in [2.24, 2.45) is 0 Å². The number of rotatable bonds is 5. The molecule has 1 heterocycles. The van der Waals surface area contributed by atoms with Crippen molar-refractivity contribution >= 4 is 5.91 Å². The molecule has 0 aliphatic heterocycles. The Morgan fingerprint density at radius 3 is 2.24 bits per heavy atom. The Kier molecular flexibility index (Phi) is 5.76. The fourth-order valence-corrected chi connectivity index (χ4v) is 2.57. The third-order valence-electron chi connectivity index (χ3n) is 4.09. The van der Waals surface area contributed by atoms with Gasteiger partial charge in [-0.25, -0.2) is 9.07 Å². The Morgan fingerprint density at radius 1 is 0.966 bits per heavy atom. The molecule has 0 aliphatic carbocycles. The second-order valence-electron chi connectivity index (χ2n) is 6.12. The summed E-state index contributed by atoms with van der Waals surface area (Å²) in [5, 5.41) is 6.72. The van der Waals surface area contributed by atoms with Gasteiger partial charge in [0, 0.05) is 23.7 Å². The monoisotopic (exact) mass is 405 g/mol. The zero-order valence-electron chi connectivity index (χ0n) is 14.9. The van der Waals surface area contributed by atoms with E-state index in [9.17, 15) is 27.2 Å². The van der Waals surface area contributed by atoms with E-state index in [0.29, 0.717) is 11.3 Å². The zero-order chi connectivity index (χ0) is 21.0. The van der Waals surface area contributed by atoms with Gasteiger partial charge in [-0.1, -0.05) is 0 Å². The Labute approximate surface area is 162 Å². The van der Waals surface area contributed by atoms with Gasteiger partial charge in [0.2, 0.25) is 0 Å². The van der Waals surface area contributed by atoms with Gasteiger partial charge in [0.05, 0.1) is 17.8 Å². The van der Waals surface area contributed by atoms with Crippen molar-refractivity contribution in [3.05, 3.63) is 88.0 Å². The van der Waals surface area contributed by atoms with Crippen LogP contribution in [0.2, 0.25) is 0 Å². The van der Waals surface area contributed by atoms with Crippen LogP contribution in [0.3, 0.4) is 0 Å². The number of carbonyl (C=O) groups excluding carboxylic acids is 1. The molecule has 0 saturated carbocycles. The lowest BCUT2D eigenvalue weighted by Crippen LogP contribution is -2.32. The molecule has 3 rings (SSSR count). The molecule has 5 nitrogen and oxygen atoms in total. The van der Waals surface area contributed by atoms with E-state index in [1.165, 1.54) is 36.4 Å². The number of alkyl halides is 3. The van der Waals surface area contributed by atoms with Crippen LogP contribution in [0.5, 0.6) is 0 Å². The van der Waals surface area contributed by atoms with E-state index in [1.807, 2.05) is 0 Å². The summed E-state index contributed by atoms with van der Waals surface area (Å²) in [5.74, 6) is -0.963. The largest absolute Gasteiger partial charge is 0.416 e. The van der Waals surface area contributed by atoms with E-state index in [1.54, 1.807) is 0 Å². The van der Waals surface area contributed by atoms with Gasteiger partial charge >= 0.3 is 6.18 Å². The van der Waals surface area contributed by atoms with Crippen LogP contribution in [0.15, 0.2) is 65.5 Å². The highest BCUT2D eigenvalue weighted by Crippen LogP contribution is 2.29. The molecule has 1 amide bonds. The average molecular weight is 405 g/mol. The summed E-state index contributed by atoms with van der Waals surface area (Å²) < 4.78 is 51.9. The first kappa shape index (κ1) is 20.2. The van der Waals surface area contributed by atoms with Crippen LogP contribution in [-0.2, 0) is 12.7 Å². The maximum atomic E-state index is 13.0. The van der Waals surface area contributed by atoms with Crippen LogP contribution in [0.1, 0.15) is 15.9 Å². The average Bonchev–Trinajstić information content (AvgIpc) is 2.69. The fraction of sp³-hybridized carbons (Fsp3) is 0.150. The molecular weight excluding hydrogens is 390 g/mol. The maximum Gasteiger partial charge on any atom is 0.416 e. The van der Waals surface area contributed by atoms with Gasteiger partial charge < -0.3 is 5.32 Å². The Hall–Kier alpha value is -3.49. The molecule has 29 heavy (non-hydrogen) atoms. The number of nitrogens with zero attached hydrogens (tertiary/aromatic N) is 2. The molecular formula is C20H15F4N3O2. The first-order chi connectivity index (χ1) is 13.7. The number of aromatic nitrogens is 2. The highest BCUT2D eigenvalue weighted by atomic mass is 19.4. The molecule has 150 valence electrons. The minimum absolute atomic E-state index is 0.0413. The molecule has 1 N–H and O–H groups in total. The van der Waals surface area contributed by atoms with Gasteiger partial charge in [-0.2, -0.15) is 18.3 Å². The lowest BCUT2D eigenvalue weighted by molar-refractivity contribution is -0.137. The number of halogens is 4. The molecule has 3 aromatic rings. The van der Waals surface area contributed by atoms with Crippen LogP contribution < -0.4 is 10.9 Å². The van der Waals surface area contributed by atoms with E-state index in [0.717, 1.165) is 28.9 Å². The molecule has 9 heteroatoms. The van der Waals surface area contributed by atoms with E-state index >= 15 is 0 Å². The molecule has 2 aromatic carbocycles. The highest BCUT2D eigenvalue weighted by molar-refractivity contribution is 5.94. The van der Waals surface area contributed by atoms with Gasteiger partial charge in [-0.05, 0) is 54.6 Å². The maximum absolute atomic E-state index is 13.0. The fourth-order valence-electron chi connectivity index (χ4n) is 2.57. The number of hydrogen-bond acceptors (Lipinski definition) is 3. The van der Waals surface area contributed by atoms with E-state index < -0.39 is 23.5 Å². The van der Waals surface area contributed by atoms with E-state index in [2.05, 4.69) is 10.4 Å². The first-order valence-corrected chi connectivity index (χ1v) is 8.53. The molecule has 0 saturated heterocycles. The number of hydrogen-bond donors (Lipinski definition) is 1. The third kappa shape index (κ3) is 5.07. The Bertz CT molecular complexity index is 1060. The standard InChI is InChI=1S/C20H15F4N3O2/c21-16-7-3-13(4-8-16)17-9-10-18(28)27(26-17)12-11-25-19(29)14-1-5-15(6-2-14)20(22,23)24/h1-10H,11-12H2,(H,25,29). The van der Waals surface area contributed by atoms with Gasteiger partial charge in [-0.3, -0.25) is 9.59 Å². The topological polar surface area (TPSA) is 64.0 Å². The number of benzene rings is 2. The van der Waals surface area contributed by atoms with E-state index in [4.69, 9.17) is 0 Å². The van der Waals surface area contributed by atoms with Crippen molar-refractivity contribution in [2.45, 2.75) is 12.7 Å². The molecule has 0 unspecified atom stereocenters. The van der Waals surface area contributed by atoms with Crippen LogP contribution in [0.4, 0.5) is 17.6 Å². The molecule has 0 aliphatic rings. The van der Waals surface area contributed by atoms with Crippen LogP contribution in [-0.4, -0.2) is 22.2 Å². The molecule has 0 spiro atoms. The SMILES string of the molecule is O=C(NCCn1nc(-c2ccc(F)cc2)ccc1=O)c1ccc(C(F)(F)F)cc1. The molecule has 1 aromatic heterocycles. The smallest absolute Gasteiger partial charge is 0.350 e. The molecule has 0 bridgehead atoms. The zero-order valence-corrected chi connectivity index (χ0v) is 14.9. The quantitative estimate of drug-likeness (QED) is 0.661. The predicted octanol–water partition coefficient (Wildman–Crippen LogP) is 3.50. The second-order valence-corrected chi connectivity index (χ2v) is 6.12. The van der Waals surface area contributed by atoms with Crippen molar-refractivity contribution in [3.63, 3.8) is 0 Å². The molecule has 0 fully saturated rings. The van der Waals surface area contributed by atoms with Crippen molar-refractivity contribution in [1.82, 2.24) is 15.1 Å². The number of carbonyl (C=O) groups is 1. The van der Waals surface area contributed by atoms with E-state index in [-0.39, 0.29) is 24.2 Å². The lowest BCUT2D eigenvalue weighted by Gasteiger charge is -2.10. The first-order valence-electron chi connectivity index (χ1n) is 8.53. The Morgan fingerprint density at radius 2 is 1.62 bits per heavy atom. The van der Waals surface area contributed by atoms with Crippen LogP contribution in [0, 0.1) is 5.82 Å². The lowest BCUT2D eigenvalue weighted by atomic mass is 10.1. The van der Waals surface area contributed by atoms with Crippen molar-refractivity contribution in [2.75, 3.05) is 6.54 Å². The summed E-state index contributed by atoms with van der Waals surface area (Å²) in [6.45, 7) is 0.0971. The summed E-state index contributed by atoms with van der Waals surface area (Å²) in [7, 11) is 0. The van der Waals surface area contributed by atoms with Crippen molar-refractivity contribution in [3.8, 4) is 11.3 Å². The number of nitrogens with one attached hydrogen (secondary N) is 1. The van der Waals surface area contributed by atoms with Crippen LogP contribution >= 0.6 is 0 Å². The number of amides is 1. The Balaban J connectivity index is 1.64. The van der Waals surface area contributed by atoms with Crippen molar-refractivity contribution < 1.29 is 22.4 Å². The summed E-state index contributed by atoms with van der Waals surface area (Å²) in [6.07, 6.45) is -4.47. The normalized spacial score (nSPS) is 11.3. The van der Waals surface area contributed by atoms with Gasteiger partial charge in [0.1, 0.15) is 5.82 Å². The minimum atomic E-state index is -4.47. The minimum Gasteiger partial charge on any atom is -0.350 e. The van der Waals surface area contributed by atoms with Crippen LogP contribution in [0.25, 0.3) is 11.3 Å². The van der Waals surface area contributed by atoms with Gasteiger partial charge in [0.15, 0.2) is 0 Å². The highest BCUT2D eigenvalue weighted by Gasteiger charge is 2.30. The van der Waals surface area contributed by atoms with Gasteiger partial charge in [-0.15, -0.1) is 0 Å². The predicted molar refractivity (Wildman–Crippen MR) is 97.7 cm³/mol. The van der Waals surface area contributed by atoms with Crippen molar-refractivity contribution in [1.29, 1.82) is 0 Å². The summed E-state index contributed by atoms with van der Waals surface area (Å²) in [5.41, 5.74) is -0.0898. The van der Waals surface area contributed by atoms with Gasteiger partial charge in [0.25, 0.3) is 11.5 Å². The third-order valence-corrected chi connectivity index (χ3v) is 4.09. The molecule has 0 radical (unpaired) electrons. The second kappa shape index (κ2) is 8.26. The summed E-state index contributed by atoms with van der Waals surface area (Å²) >= 11 is 0. The molecule has 0 atom stereocenters. The summed E-state index contributed by atoms with van der Waals surface area (Å²) in [4.78, 5) is 24.0. The summed E-state index contributed by atoms with van der Waals surface area (Å²) in [6, 6.07) is 12.2.